The fraction of sp³-hybridized carbons (Fsp3) is 0.500. The Hall–Kier alpha value is 1.17. The summed E-state index contributed by atoms with van der Waals surface area (Å²) in [6.07, 6.45) is -2.29. The molecule has 0 unspecified atom stereocenters. The van der Waals surface area contributed by atoms with Gasteiger partial charge in [-0.25, -0.2) is 13.2 Å². The molecule has 11 nitrogen and oxygen atoms in total. The minimum atomic E-state index is -4.92. The number of hydrogen-bond acceptors (Lipinski definition) is 7. The van der Waals surface area contributed by atoms with Crippen LogP contribution < -0.4 is 93.3 Å². The quantitative estimate of drug-likeness (QED) is 0.170. The maximum Gasteiger partial charge on any atom is 1.00 e. The van der Waals surface area contributed by atoms with E-state index in [1.165, 1.54) is 0 Å². The summed E-state index contributed by atoms with van der Waals surface area (Å²) in [4.78, 5) is 30.5. The molecule has 15 heteroatoms. The van der Waals surface area contributed by atoms with Gasteiger partial charge in [0.05, 0.1) is 12.8 Å². The van der Waals surface area contributed by atoms with Crippen molar-refractivity contribution in [3.05, 3.63) is 0 Å². The van der Waals surface area contributed by atoms with E-state index in [0.29, 0.717) is 0 Å². The summed E-state index contributed by atoms with van der Waals surface area (Å²) in [5.74, 6) is -5.02. The van der Waals surface area contributed by atoms with Crippen LogP contribution in [0.4, 0.5) is 0 Å². The molecule has 5 N–H and O–H groups in total. The van der Waals surface area contributed by atoms with Crippen LogP contribution in [0.3, 0.4) is 0 Å². The second-order valence-electron chi connectivity index (χ2n) is 2.91. The Morgan fingerprint density at radius 2 is 1.19 bits per heavy atom. The van der Waals surface area contributed by atoms with E-state index in [9.17, 15) is 14.4 Å². The van der Waals surface area contributed by atoms with Crippen molar-refractivity contribution in [2.24, 2.45) is 0 Å². The Morgan fingerprint density at radius 3 is 1.29 bits per heavy atom. The summed E-state index contributed by atoms with van der Waals surface area (Å²) in [6.45, 7) is 0. The number of carboxylic acids is 3. The van der Waals surface area contributed by atoms with Gasteiger partial charge in [-0.2, -0.15) is 0 Å². The van der Waals surface area contributed by atoms with Crippen molar-refractivity contribution in [3.8, 4) is 0 Å². The summed E-state index contributed by atoms with van der Waals surface area (Å²) < 4.78 is 32.8. The molecule has 21 heavy (non-hydrogen) atoms. The van der Waals surface area contributed by atoms with Crippen LogP contribution in [-0.4, -0.2) is 61.5 Å². The Labute approximate surface area is 189 Å². The first-order valence-corrected chi connectivity index (χ1v) is 5.22. The van der Waals surface area contributed by atoms with Gasteiger partial charge in [0.25, 0.3) is 0 Å². The van der Waals surface area contributed by atoms with E-state index in [1.807, 2.05) is 0 Å². The smallest absolute Gasteiger partial charge is 1.00 e. The van der Waals surface area contributed by atoms with Crippen molar-refractivity contribution < 1.29 is 146 Å². The summed E-state index contributed by atoms with van der Waals surface area (Å²) in [7, 11) is -4.92. The van der Waals surface area contributed by atoms with Crippen LogP contribution in [-0.2, 0) is 24.8 Å². The van der Waals surface area contributed by atoms with E-state index in [2.05, 4.69) is 0 Å². The van der Waals surface area contributed by atoms with Gasteiger partial charge in [-0.15, -0.1) is 0 Å². The van der Waals surface area contributed by atoms with Gasteiger partial charge in [-0.3, -0.25) is 14.1 Å². The van der Waals surface area contributed by atoms with E-state index in [1.54, 1.807) is 0 Å². The number of hydrogen-bond donors (Lipinski definition) is 5. The number of carbonyl (C=O) groups is 3. The molecule has 0 aromatic heterocycles. The monoisotopic (exact) mass is 386 g/mol. The molecule has 0 rings (SSSR count). The van der Waals surface area contributed by atoms with Gasteiger partial charge in [0, 0.05) is 0 Å². The first-order valence-electron chi connectivity index (χ1n) is 3.85. The molecule has 0 amide bonds. The van der Waals surface area contributed by atoms with E-state index in [4.69, 9.17) is 37.9 Å². The summed E-state index contributed by atoms with van der Waals surface area (Å²) in [5, 5.41) is 33.8. The van der Waals surface area contributed by atoms with Crippen LogP contribution in [0.1, 0.15) is 12.8 Å². The zero-order valence-corrected chi connectivity index (χ0v) is 17.6. The molecule has 0 heterocycles. The molecule has 0 aliphatic heterocycles. The van der Waals surface area contributed by atoms with E-state index in [-0.39, 0.29) is 93.3 Å². The zero-order chi connectivity index (χ0) is 15.1. The third kappa shape index (κ3) is 26.4. The number of halogens is 1. The SMILES string of the molecule is O=C(O)CC(O)(CC(=O)O)C(=O)O.O=S(=O)([O-])O.[Cl-].[K+].[Na+]. The van der Waals surface area contributed by atoms with Crippen LogP contribution in [0, 0.1) is 0 Å². The molecule has 0 saturated carbocycles. The van der Waals surface area contributed by atoms with Gasteiger partial charge in [0.1, 0.15) is 0 Å². The Bertz CT molecular complexity index is 414. The minimum absolute atomic E-state index is 0. The third-order valence-electron chi connectivity index (χ3n) is 1.29. The predicted molar refractivity (Wildman–Crippen MR) is 49.4 cm³/mol. The van der Waals surface area contributed by atoms with E-state index in [0.717, 1.165) is 0 Å². The molecule has 0 atom stereocenters. The van der Waals surface area contributed by atoms with Crippen molar-refractivity contribution in [3.63, 3.8) is 0 Å². The van der Waals surface area contributed by atoms with E-state index >= 15 is 0 Å². The summed E-state index contributed by atoms with van der Waals surface area (Å²) >= 11 is 0. The van der Waals surface area contributed by atoms with Gasteiger partial charge in [-0.1, -0.05) is 0 Å². The first-order chi connectivity index (χ1) is 7.78. The van der Waals surface area contributed by atoms with Gasteiger partial charge in [-0.05, 0) is 0 Å². The molecule has 0 spiro atoms. The molecule has 0 saturated heterocycles. The summed E-state index contributed by atoms with van der Waals surface area (Å²) in [6, 6.07) is 0. The Kier molecular flexibility index (Phi) is 23.7. The maximum atomic E-state index is 10.3. The Balaban J connectivity index is -0.0000000933. The molecule has 114 valence electrons. The van der Waals surface area contributed by atoms with Crippen LogP contribution in [0.2, 0.25) is 0 Å². The maximum absolute atomic E-state index is 10.3. The van der Waals surface area contributed by atoms with Crippen molar-refractivity contribution in [2.45, 2.75) is 18.4 Å². The zero-order valence-electron chi connectivity index (χ0n) is 10.9. The second kappa shape index (κ2) is 14.7. The van der Waals surface area contributed by atoms with Crippen LogP contribution >= 0.6 is 0 Å². The first kappa shape index (κ1) is 33.7. The second-order valence-corrected chi connectivity index (χ2v) is 3.76. The molecular weight excluding hydrogens is 378 g/mol. The standard InChI is InChI=1S/C6H8O7.ClH.K.Na.H2O4S/c7-3(8)1-6(13,5(11)12)2-4(9)10;;;;1-5(2,3)4/h13H,1-2H2,(H,7,8)(H,9,10)(H,11,12);1H;;;(H2,1,2,3,4)/q;;2*+1;/p-2. The van der Waals surface area contributed by atoms with Crippen LogP contribution in [0.15, 0.2) is 0 Å². The van der Waals surface area contributed by atoms with Gasteiger partial charge in [0.2, 0.25) is 10.4 Å². The fourth-order valence-electron chi connectivity index (χ4n) is 0.714. The minimum Gasteiger partial charge on any atom is -1.00 e. The van der Waals surface area contributed by atoms with Crippen LogP contribution in [0.25, 0.3) is 0 Å². The van der Waals surface area contributed by atoms with E-state index < -0.39 is 46.7 Å². The molecule has 0 aliphatic carbocycles. The van der Waals surface area contributed by atoms with Crippen molar-refractivity contribution in [1.29, 1.82) is 0 Å². The summed E-state index contributed by atoms with van der Waals surface area (Å²) in [5.41, 5.74) is -2.74. The molecule has 0 aromatic carbocycles. The molecule has 0 bridgehead atoms. The molecule has 0 aromatic rings. The molecular formula is C6H9ClKNaO11S. The third-order valence-corrected chi connectivity index (χ3v) is 1.29. The normalized spacial score (nSPS) is 9.48. The number of rotatable bonds is 5. The number of aliphatic hydroxyl groups is 1. The van der Waals surface area contributed by atoms with Crippen molar-refractivity contribution in [2.75, 3.05) is 0 Å². The Morgan fingerprint density at radius 1 is 1.00 bits per heavy atom. The largest absolute Gasteiger partial charge is 1.00 e. The number of aliphatic carboxylic acids is 3. The number of carboxylic acid groups (broad SMARTS) is 3. The van der Waals surface area contributed by atoms with Gasteiger partial charge < -0.3 is 37.4 Å². The molecule has 0 aliphatic rings. The average molecular weight is 387 g/mol. The average Bonchev–Trinajstić information content (AvgIpc) is 1.95. The fourth-order valence-corrected chi connectivity index (χ4v) is 0.714. The van der Waals surface area contributed by atoms with Crippen LogP contribution in [0.5, 0.6) is 0 Å². The van der Waals surface area contributed by atoms with Gasteiger partial charge in [0.15, 0.2) is 5.60 Å². The molecule has 0 radical (unpaired) electrons. The molecule has 0 fully saturated rings. The van der Waals surface area contributed by atoms with Crippen molar-refractivity contribution >= 4 is 28.3 Å². The van der Waals surface area contributed by atoms with Crippen molar-refractivity contribution in [1.82, 2.24) is 0 Å². The van der Waals surface area contributed by atoms with Gasteiger partial charge >= 0.3 is 98.8 Å². The topological polar surface area (TPSA) is 210 Å². The predicted octanol–water partition coefficient (Wildman–Crippen LogP) is -11.2.